The molecule has 0 N–H and O–H groups in total. The standard InChI is InChI=1S/C62H53N/c1-3-5-14-43-22-26-47(27-23-43)51-34-36-56-58(39-51)59-40-52(48-28-24-44(25-29-48)15-6-4-2)35-37-57(59)62(56)54-21-13-20-53(38-54)61-42-55(41-60(63-61)50-18-11-8-12-19-50)49-32-30-46(31-33-49)45-16-9-7-10-17-45/h7-13,16-42,62H,3-6,14-15H2,1-2H3. The van der Waals surface area contributed by atoms with Crippen molar-refractivity contribution >= 4 is 0 Å². The van der Waals surface area contributed by atoms with Gasteiger partial charge in [-0.2, -0.15) is 0 Å². The van der Waals surface area contributed by atoms with E-state index >= 15 is 0 Å². The molecule has 0 bridgehead atoms. The molecule has 9 aromatic rings. The number of pyridine rings is 1. The van der Waals surface area contributed by atoms with Crippen LogP contribution in [0.25, 0.3) is 78.1 Å². The molecule has 0 saturated heterocycles. The summed E-state index contributed by atoms with van der Waals surface area (Å²) in [5.74, 6) is 0.0909. The van der Waals surface area contributed by atoms with Gasteiger partial charge >= 0.3 is 0 Å². The van der Waals surface area contributed by atoms with Crippen LogP contribution in [-0.2, 0) is 12.8 Å². The maximum atomic E-state index is 5.36. The first-order chi connectivity index (χ1) is 31.1. The third kappa shape index (κ3) is 8.45. The summed E-state index contributed by atoms with van der Waals surface area (Å²) in [5.41, 5.74) is 23.4. The normalized spacial score (nSPS) is 12.0. The summed E-state index contributed by atoms with van der Waals surface area (Å²) >= 11 is 0. The monoisotopic (exact) mass is 811 g/mol. The van der Waals surface area contributed by atoms with Crippen LogP contribution in [0.2, 0.25) is 0 Å². The van der Waals surface area contributed by atoms with Crippen molar-refractivity contribution < 1.29 is 0 Å². The Labute approximate surface area is 373 Å². The van der Waals surface area contributed by atoms with E-state index in [1.807, 2.05) is 0 Å². The van der Waals surface area contributed by atoms with Crippen molar-refractivity contribution in [1.82, 2.24) is 4.98 Å². The topological polar surface area (TPSA) is 12.9 Å². The Bertz CT molecular complexity index is 2880. The fourth-order valence-electron chi connectivity index (χ4n) is 9.42. The summed E-state index contributed by atoms with van der Waals surface area (Å²) < 4.78 is 0. The van der Waals surface area contributed by atoms with Gasteiger partial charge in [0.2, 0.25) is 0 Å². The maximum Gasteiger partial charge on any atom is 0.0715 e. The molecule has 1 heterocycles. The fourth-order valence-corrected chi connectivity index (χ4v) is 9.42. The first-order valence-electron chi connectivity index (χ1n) is 22.9. The highest BCUT2D eigenvalue weighted by atomic mass is 14.7. The molecule has 0 amide bonds. The minimum absolute atomic E-state index is 0.0909. The SMILES string of the molecule is CCCCc1ccc(-c2ccc3c(c2)-c2cc(-c4ccc(CCCC)cc4)ccc2C3c2cccc(-c3cc(-c4ccc(-c5ccccc5)cc4)cc(-c4ccccc4)n3)c2)cc1. The Morgan fingerprint density at radius 2 is 0.746 bits per heavy atom. The molecule has 10 rings (SSSR count). The van der Waals surface area contributed by atoms with Gasteiger partial charge in [-0.15, -0.1) is 0 Å². The molecule has 63 heavy (non-hydrogen) atoms. The van der Waals surface area contributed by atoms with Crippen molar-refractivity contribution in [3.8, 4) is 78.1 Å². The van der Waals surface area contributed by atoms with Gasteiger partial charge in [-0.3, -0.25) is 0 Å². The van der Waals surface area contributed by atoms with Crippen LogP contribution < -0.4 is 0 Å². The quantitative estimate of drug-likeness (QED) is 0.113. The van der Waals surface area contributed by atoms with Crippen LogP contribution in [0.15, 0.2) is 206 Å². The molecule has 0 atom stereocenters. The van der Waals surface area contributed by atoms with Crippen molar-refractivity contribution in [2.45, 2.75) is 58.3 Å². The third-order valence-electron chi connectivity index (χ3n) is 13.0. The van der Waals surface area contributed by atoms with Gasteiger partial charge in [-0.05, 0) is 139 Å². The van der Waals surface area contributed by atoms with E-state index in [1.54, 1.807) is 0 Å². The Morgan fingerprint density at radius 3 is 1.27 bits per heavy atom. The number of hydrogen-bond donors (Lipinski definition) is 0. The van der Waals surface area contributed by atoms with Crippen LogP contribution in [0.1, 0.15) is 73.3 Å². The van der Waals surface area contributed by atoms with E-state index in [0.717, 1.165) is 40.9 Å². The van der Waals surface area contributed by atoms with Gasteiger partial charge in [-0.25, -0.2) is 4.98 Å². The van der Waals surface area contributed by atoms with Crippen LogP contribution in [0.3, 0.4) is 0 Å². The highest BCUT2D eigenvalue weighted by molar-refractivity contribution is 5.88. The van der Waals surface area contributed by atoms with Gasteiger partial charge in [0.05, 0.1) is 11.4 Å². The van der Waals surface area contributed by atoms with Gasteiger partial charge in [0.1, 0.15) is 0 Å². The summed E-state index contributed by atoms with van der Waals surface area (Å²) in [6, 6.07) is 76.5. The number of hydrogen-bond acceptors (Lipinski definition) is 1. The number of nitrogens with zero attached hydrogens (tertiary/aromatic N) is 1. The smallest absolute Gasteiger partial charge is 0.0715 e. The first-order valence-corrected chi connectivity index (χ1v) is 22.9. The van der Waals surface area contributed by atoms with Crippen molar-refractivity contribution in [3.05, 3.63) is 234 Å². The summed E-state index contributed by atoms with van der Waals surface area (Å²) in [6.07, 6.45) is 7.13. The first kappa shape index (κ1) is 40.0. The Hall–Kier alpha value is -7.09. The summed E-state index contributed by atoms with van der Waals surface area (Å²) in [6.45, 7) is 4.52. The van der Waals surface area contributed by atoms with E-state index in [9.17, 15) is 0 Å². The van der Waals surface area contributed by atoms with Crippen LogP contribution >= 0.6 is 0 Å². The molecule has 0 unspecified atom stereocenters. The van der Waals surface area contributed by atoms with E-state index in [0.29, 0.717) is 0 Å². The van der Waals surface area contributed by atoms with Crippen molar-refractivity contribution in [3.63, 3.8) is 0 Å². The molecule has 0 spiro atoms. The second-order valence-electron chi connectivity index (χ2n) is 17.2. The van der Waals surface area contributed by atoms with Gasteiger partial charge in [-0.1, -0.05) is 203 Å². The average Bonchev–Trinajstić information content (AvgIpc) is 3.69. The zero-order valence-corrected chi connectivity index (χ0v) is 36.4. The van der Waals surface area contributed by atoms with Gasteiger partial charge in [0.25, 0.3) is 0 Å². The van der Waals surface area contributed by atoms with Gasteiger partial charge in [0.15, 0.2) is 0 Å². The zero-order valence-electron chi connectivity index (χ0n) is 36.4. The van der Waals surface area contributed by atoms with E-state index in [1.165, 1.54) is 104 Å². The Morgan fingerprint density at radius 1 is 0.333 bits per heavy atom. The van der Waals surface area contributed by atoms with Crippen LogP contribution in [-0.4, -0.2) is 4.98 Å². The molecular weight excluding hydrogens is 759 g/mol. The van der Waals surface area contributed by atoms with Crippen LogP contribution in [0.4, 0.5) is 0 Å². The molecule has 8 aromatic carbocycles. The Balaban J connectivity index is 1.06. The van der Waals surface area contributed by atoms with E-state index < -0.39 is 0 Å². The predicted octanol–water partition coefficient (Wildman–Crippen LogP) is 16.9. The molecule has 0 aliphatic heterocycles. The third-order valence-corrected chi connectivity index (χ3v) is 13.0. The molecule has 1 aromatic heterocycles. The lowest BCUT2D eigenvalue weighted by Gasteiger charge is -2.17. The summed E-state index contributed by atoms with van der Waals surface area (Å²) in [7, 11) is 0. The molecule has 0 saturated carbocycles. The minimum Gasteiger partial charge on any atom is -0.248 e. The number of aryl methyl sites for hydroxylation is 2. The highest BCUT2D eigenvalue weighted by Crippen LogP contribution is 2.50. The summed E-state index contributed by atoms with van der Waals surface area (Å²) in [4.78, 5) is 5.36. The fraction of sp³-hybridized carbons (Fsp3) is 0.145. The van der Waals surface area contributed by atoms with Crippen molar-refractivity contribution in [2.24, 2.45) is 0 Å². The predicted molar refractivity (Wildman–Crippen MR) is 267 cm³/mol. The molecule has 1 heteroatoms. The van der Waals surface area contributed by atoms with E-state index in [-0.39, 0.29) is 5.92 Å². The molecule has 0 fully saturated rings. The van der Waals surface area contributed by atoms with Crippen molar-refractivity contribution in [1.29, 1.82) is 0 Å². The van der Waals surface area contributed by atoms with Crippen molar-refractivity contribution in [2.75, 3.05) is 0 Å². The number of aromatic nitrogens is 1. The highest BCUT2D eigenvalue weighted by Gasteiger charge is 2.31. The van der Waals surface area contributed by atoms with Crippen LogP contribution in [0, 0.1) is 0 Å². The number of unbranched alkanes of at least 4 members (excludes halogenated alkanes) is 2. The van der Waals surface area contributed by atoms with Gasteiger partial charge < -0.3 is 0 Å². The average molecular weight is 812 g/mol. The van der Waals surface area contributed by atoms with E-state index in [2.05, 4.69) is 220 Å². The van der Waals surface area contributed by atoms with Gasteiger partial charge in [0, 0.05) is 17.0 Å². The lowest BCUT2D eigenvalue weighted by atomic mass is 9.87. The largest absolute Gasteiger partial charge is 0.248 e. The summed E-state index contributed by atoms with van der Waals surface area (Å²) in [5, 5.41) is 0. The minimum atomic E-state index is 0.0909. The lowest BCUT2D eigenvalue weighted by molar-refractivity contribution is 0.795. The molecule has 1 nitrogen and oxygen atoms in total. The second kappa shape index (κ2) is 18.1. The maximum absolute atomic E-state index is 5.36. The zero-order chi connectivity index (χ0) is 42.5. The Kier molecular flexibility index (Phi) is 11.5. The number of fused-ring (bicyclic) bond motifs is 3. The molecule has 1 aliphatic rings. The van der Waals surface area contributed by atoms with E-state index in [4.69, 9.17) is 4.98 Å². The second-order valence-corrected chi connectivity index (χ2v) is 17.2. The molecular formula is C62H53N. The van der Waals surface area contributed by atoms with Crippen LogP contribution in [0.5, 0.6) is 0 Å². The molecule has 1 aliphatic carbocycles. The molecule has 306 valence electrons. The lowest BCUT2D eigenvalue weighted by Crippen LogP contribution is -2.00. The number of benzene rings is 8. The molecule has 0 radical (unpaired) electrons. The number of rotatable bonds is 13.